The lowest BCUT2D eigenvalue weighted by molar-refractivity contribution is -0.144. The number of alkyl carbamates (subject to hydrolysis) is 1. The molecule has 1 fully saturated rings. The van der Waals surface area contributed by atoms with Crippen molar-refractivity contribution in [3.8, 4) is 0 Å². The molecule has 1 saturated heterocycles. The fourth-order valence-electron chi connectivity index (χ4n) is 2.27. The first kappa shape index (κ1) is 16.7. The molecule has 1 aromatic heterocycles. The first-order valence-corrected chi connectivity index (χ1v) is 7.02. The van der Waals surface area contributed by atoms with Gasteiger partial charge in [0.2, 0.25) is 5.82 Å². The van der Waals surface area contributed by atoms with Gasteiger partial charge in [0.1, 0.15) is 11.9 Å². The minimum atomic E-state index is -1.59. The molecule has 0 saturated carbocycles. The normalized spacial score (nSPS) is 21.1. The van der Waals surface area contributed by atoms with E-state index in [0.29, 0.717) is 0 Å². The Labute approximate surface area is 132 Å². The van der Waals surface area contributed by atoms with Gasteiger partial charge in [0.05, 0.1) is 6.54 Å². The number of carboxylic acid groups (broad SMARTS) is 1. The maximum Gasteiger partial charge on any atom is 0.408 e. The summed E-state index contributed by atoms with van der Waals surface area (Å²) in [5.41, 5.74) is -2.34. The van der Waals surface area contributed by atoms with Crippen LogP contribution < -0.4 is 5.32 Å². The van der Waals surface area contributed by atoms with E-state index in [-0.39, 0.29) is 25.3 Å². The van der Waals surface area contributed by atoms with Crippen molar-refractivity contribution >= 4 is 18.0 Å². The molecule has 10 heteroatoms. The number of likely N-dealkylation sites (tertiary alicyclic amines) is 1. The van der Waals surface area contributed by atoms with Gasteiger partial charge in [-0.1, -0.05) is 0 Å². The SMILES string of the molecule is CC(C)(C)OC(=O)NC1(C(=O)O)CCN(C(=O)c2ncn[nH]2)C1. The second-order valence-electron chi connectivity index (χ2n) is 6.32. The van der Waals surface area contributed by atoms with Gasteiger partial charge in [-0.15, -0.1) is 0 Å². The van der Waals surface area contributed by atoms with E-state index < -0.39 is 29.1 Å². The first-order valence-electron chi connectivity index (χ1n) is 7.02. The van der Waals surface area contributed by atoms with Gasteiger partial charge in [0.25, 0.3) is 5.91 Å². The topological polar surface area (TPSA) is 138 Å². The van der Waals surface area contributed by atoms with Crippen LogP contribution in [0.2, 0.25) is 0 Å². The van der Waals surface area contributed by atoms with Crippen molar-refractivity contribution < 1.29 is 24.2 Å². The second-order valence-corrected chi connectivity index (χ2v) is 6.32. The van der Waals surface area contributed by atoms with E-state index in [9.17, 15) is 19.5 Å². The molecule has 2 heterocycles. The number of rotatable bonds is 3. The number of carbonyl (C=O) groups excluding carboxylic acids is 2. The van der Waals surface area contributed by atoms with Crippen LogP contribution in [0.3, 0.4) is 0 Å². The van der Waals surface area contributed by atoms with E-state index in [1.165, 1.54) is 11.2 Å². The summed E-state index contributed by atoms with van der Waals surface area (Å²) in [4.78, 5) is 40.8. The van der Waals surface area contributed by atoms with E-state index >= 15 is 0 Å². The highest BCUT2D eigenvalue weighted by molar-refractivity contribution is 5.92. The predicted octanol–water partition coefficient (Wildman–Crippen LogP) is -0.00130. The molecule has 1 aromatic rings. The number of amides is 2. The van der Waals surface area contributed by atoms with Gasteiger partial charge in [0, 0.05) is 13.0 Å². The third kappa shape index (κ3) is 3.76. The molecule has 10 nitrogen and oxygen atoms in total. The summed E-state index contributed by atoms with van der Waals surface area (Å²) >= 11 is 0. The average molecular weight is 325 g/mol. The summed E-state index contributed by atoms with van der Waals surface area (Å²) in [6, 6.07) is 0. The van der Waals surface area contributed by atoms with Crippen molar-refractivity contribution in [2.24, 2.45) is 0 Å². The van der Waals surface area contributed by atoms with Gasteiger partial charge in [-0.05, 0) is 20.8 Å². The van der Waals surface area contributed by atoms with Gasteiger partial charge in [0.15, 0.2) is 5.54 Å². The van der Waals surface area contributed by atoms with Crippen molar-refractivity contribution in [2.45, 2.75) is 38.3 Å². The van der Waals surface area contributed by atoms with Gasteiger partial charge in [-0.25, -0.2) is 14.6 Å². The Hall–Kier alpha value is -2.65. The first-order chi connectivity index (χ1) is 10.6. The summed E-state index contributed by atoms with van der Waals surface area (Å²) in [5.74, 6) is -1.68. The fourth-order valence-corrected chi connectivity index (χ4v) is 2.27. The van der Waals surface area contributed by atoms with Crippen LogP contribution >= 0.6 is 0 Å². The van der Waals surface area contributed by atoms with Crippen LogP contribution in [0, 0.1) is 0 Å². The lowest BCUT2D eigenvalue weighted by atomic mass is 9.99. The Morgan fingerprint density at radius 1 is 1.43 bits per heavy atom. The minimum Gasteiger partial charge on any atom is -0.479 e. The van der Waals surface area contributed by atoms with Gasteiger partial charge < -0.3 is 20.1 Å². The largest absolute Gasteiger partial charge is 0.479 e. The molecule has 1 unspecified atom stereocenters. The molecule has 3 N–H and O–H groups in total. The van der Waals surface area contributed by atoms with E-state index in [0.717, 1.165) is 0 Å². The molecule has 1 aliphatic heterocycles. The molecular formula is C13H19N5O5. The summed E-state index contributed by atoms with van der Waals surface area (Å²) in [6.45, 7) is 5.01. The van der Waals surface area contributed by atoms with Crippen LogP contribution in [0.15, 0.2) is 6.33 Å². The number of H-pyrrole nitrogens is 1. The average Bonchev–Trinajstić information content (AvgIpc) is 3.05. The molecule has 126 valence electrons. The molecule has 1 aliphatic rings. The zero-order valence-corrected chi connectivity index (χ0v) is 13.1. The number of hydrogen-bond donors (Lipinski definition) is 3. The van der Waals surface area contributed by atoms with Crippen LogP contribution in [0.25, 0.3) is 0 Å². The molecule has 2 rings (SSSR count). The smallest absolute Gasteiger partial charge is 0.408 e. The molecule has 0 aliphatic carbocycles. The lowest BCUT2D eigenvalue weighted by Crippen LogP contribution is -2.57. The Balaban J connectivity index is 2.10. The Kier molecular flexibility index (Phi) is 4.26. The summed E-state index contributed by atoms with van der Waals surface area (Å²) in [6.07, 6.45) is 0.419. The van der Waals surface area contributed by atoms with Gasteiger partial charge in [-0.2, -0.15) is 5.10 Å². The summed E-state index contributed by atoms with van der Waals surface area (Å²) in [5, 5.41) is 17.9. The Morgan fingerprint density at radius 2 is 2.13 bits per heavy atom. The summed E-state index contributed by atoms with van der Waals surface area (Å²) < 4.78 is 5.10. The van der Waals surface area contributed by atoms with Crippen molar-refractivity contribution in [1.82, 2.24) is 25.4 Å². The number of ether oxygens (including phenoxy) is 1. The number of aliphatic carboxylic acids is 1. The van der Waals surface area contributed by atoms with Gasteiger partial charge in [-0.3, -0.25) is 9.89 Å². The van der Waals surface area contributed by atoms with E-state index in [1.54, 1.807) is 20.8 Å². The summed E-state index contributed by atoms with van der Waals surface area (Å²) in [7, 11) is 0. The third-order valence-electron chi connectivity index (χ3n) is 3.32. The highest BCUT2D eigenvalue weighted by Crippen LogP contribution is 2.23. The van der Waals surface area contributed by atoms with Crippen LogP contribution in [-0.4, -0.2) is 67.4 Å². The van der Waals surface area contributed by atoms with Crippen molar-refractivity contribution in [3.05, 3.63) is 12.2 Å². The molecular weight excluding hydrogens is 306 g/mol. The highest BCUT2D eigenvalue weighted by Gasteiger charge is 2.48. The number of carboxylic acids is 1. The van der Waals surface area contributed by atoms with Crippen LogP contribution in [-0.2, 0) is 9.53 Å². The zero-order valence-electron chi connectivity index (χ0n) is 13.1. The second kappa shape index (κ2) is 5.86. The number of aromatic nitrogens is 3. The zero-order chi connectivity index (χ0) is 17.3. The van der Waals surface area contributed by atoms with Gasteiger partial charge >= 0.3 is 12.1 Å². The monoisotopic (exact) mass is 325 g/mol. The predicted molar refractivity (Wildman–Crippen MR) is 76.6 cm³/mol. The standard InChI is InChI=1S/C13H19N5O5/c1-12(2,3)23-11(22)16-13(10(20)21)4-5-18(6-13)9(19)8-14-7-15-17-8/h7H,4-6H2,1-3H3,(H,16,22)(H,20,21)(H,14,15,17). The van der Waals surface area contributed by atoms with E-state index in [1.807, 2.05) is 0 Å². The number of carbonyl (C=O) groups is 3. The number of nitrogens with zero attached hydrogens (tertiary/aromatic N) is 3. The van der Waals surface area contributed by atoms with E-state index in [2.05, 4.69) is 20.5 Å². The molecule has 0 bridgehead atoms. The maximum atomic E-state index is 12.2. The van der Waals surface area contributed by atoms with Crippen molar-refractivity contribution in [2.75, 3.05) is 13.1 Å². The van der Waals surface area contributed by atoms with Crippen LogP contribution in [0.4, 0.5) is 4.79 Å². The minimum absolute atomic E-state index is 0.0171. The fraction of sp³-hybridized carbons (Fsp3) is 0.615. The van der Waals surface area contributed by atoms with Crippen molar-refractivity contribution in [1.29, 1.82) is 0 Å². The van der Waals surface area contributed by atoms with Crippen LogP contribution in [0.5, 0.6) is 0 Å². The van der Waals surface area contributed by atoms with Crippen LogP contribution in [0.1, 0.15) is 37.8 Å². The molecule has 2 amide bonds. The Morgan fingerprint density at radius 3 is 2.65 bits per heavy atom. The number of nitrogens with one attached hydrogen (secondary N) is 2. The Bertz CT molecular complexity index is 609. The maximum absolute atomic E-state index is 12.2. The molecule has 0 aromatic carbocycles. The van der Waals surface area contributed by atoms with Crippen molar-refractivity contribution in [3.63, 3.8) is 0 Å². The number of hydrogen-bond acceptors (Lipinski definition) is 6. The lowest BCUT2D eigenvalue weighted by Gasteiger charge is -2.28. The molecule has 0 radical (unpaired) electrons. The number of aromatic amines is 1. The molecule has 23 heavy (non-hydrogen) atoms. The quantitative estimate of drug-likeness (QED) is 0.711. The molecule has 0 spiro atoms. The van der Waals surface area contributed by atoms with E-state index in [4.69, 9.17) is 4.74 Å². The highest BCUT2D eigenvalue weighted by atomic mass is 16.6. The molecule has 1 atom stereocenters. The third-order valence-corrected chi connectivity index (χ3v) is 3.32.